The van der Waals surface area contributed by atoms with Crippen LogP contribution in [0.1, 0.15) is 23.2 Å². The van der Waals surface area contributed by atoms with E-state index in [0.717, 1.165) is 12.1 Å². The average molecular weight is 347 g/mol. The van der Waals surface area contributed by atoms with E-state index in [1.807, 2.05) is 6.07 Å². The van der Waals surface area contributed by atoms with Gasteiger partial charge in [0.15, 0.2) is 0 Å². The number of hydrogen-bond acceptors (Lipinski definition) is 3. The lowest BCUT2D eigenvalue weighted by molar-refractivity contribution is -0.137. The van der Waals surface area contributed by atoms with Crippen LogP contribution in [0.15, 0.2) is 48.7 Å². The molecule has 0 saturated heterocycles. The van der Waals surface area contributed by atoms with Crippen molar-refractivity contribution < 1.29 is 18.0 Å². The van der Waals surface area contributed by atoms with Gasteiger partial charge < -0.3 is 4.90 Å². The van der Waals surface area contributed by atoms with Crippen LogP contribution in [0.4, 0.5) is 13.2 Å². The van der Waals surface area contributed by atoms with Crippen molar-refractivity contribution in [2.45, 2.75) is 25.6 Å². The molecule has 1 amide bonds. The standard InChI is InChI=1S/C18H16F3N3O/c19-18(20,21)15-7-5-14(6-8-15)12-17(25)24(11-3-9-22)13-16-4-1-2-10-23-16/h1-2,4-8,10H,3,11-13H2. The number of amides is 1. The monoisotopic (exact) mass is 347 g/mol. The number of benzene rings is 1. The molecule has 0 unspecified atom stereocenters. The van der Waals surface area contributed by atoms with Crippen LogP contribution in [0, 0.1) is 11.3 Å². The summed E-state index contributed by atoms with van der Waals surface area (Å²) in [6.07, 6.45) is -2.65. The molecular formula is C18H16F3N3O. The van der Waals surface area contributed by atoms with Crippen LogP contribution in [-0.4, -0.2) is 22.3 Å². The van der Waals surface area contributed by atoms with Crippen molar-refractivity contribution in [2.24, 2.45) is 0 Å². The van der Waals surface area contributed by atoms with Crippen LogP contribution in [0.3, 0.4) is 0 Å². The highest BCUT2D eigenvalue weighted by molar-refractivity contribution is 5.78. The highest BCUT2D eigenvalue weighted by Crippen LogP contribution is 2.29. The number of pyridine rings is 1. The summed E-state index contributed by atoms with van der Waals surface area (Å²) in [6, 6.07) is 11.8. The molecule has 0 aliphatic heterocycles. The zero-order valence-electron chi connectivity index (χ0n) is 13.3. The van der Waals surface area contributed by atoms with Gasteiger partial charge in [-0.05, 0) is 29.8 Å². The van der Waals surface area contributed by atoms with E-state index in [1.54, 1.807) is 24.4 Å². The summed E-state index contributed by atoms with van der Waals surface area (Å²) >= 11 is 0. The van der Waals surface area contributed by atoms with E-state index in [-0.39, 0.29) is 31.8 Å². The molecule has 1 aromatic carbocycles. The van der Waals surface area contributed by atoms with Crippen molar-refractivity contribution in [1.29, 1.82) is 5.26 Å². The summed E-state index contributed by atoms with van der Waals surface area (Å²) in [5.41, 5.74) is 0.417. The average Bonchev–Trinajstić information content (AvgIpc) is 2.59. The Hall–Kier alpha value is -2.88. The molecule has 130 valence electrons. The SMILES string of the molecule is N#CCCN(Cc1ccccn1)C(=O)Cc1ccc(C(F)(F)F)cc1. The van der Waals surface area contributed by atoms with Gasteiger partial charge in [-0.15, -0.1) is 0 Å². The highest BCUT2D eigenvalue weighted by Gasteiger charge is 2.30. The smallest absolute Gasteiger partial charge is 0.335 e. The molecule has 2 aromatic rings. The van der Waals surface area contributed by atoms with E-state index >= 15 is 0 Å². The lowest BCUT2D eigenvalue weighted by Gasteiger charge is -2.21. The molecule has 0 radical (unpaired) electrons. The number of aromatic nitrogens is 1. The molecule has 0 N–H and O–H groups in total. The quantitative estimate of drug-likeness (QED) is 0.802. The predicted molar refractivity (Wildman–Crippen MR) is 85.0 cm³/mol. The van der Waals surface area contributed by atoms with Gasteiger partial charge in [0.05, 0.1) is 36.7 Å². The Balaban J connectivity index is 2.07. The highest BCUT2D eigenvalue weighted by atomic mass is 19.4. The fourth-order valence-electron chi connectivity index (χ4n) is 2.26. The lowest BCUT2D eigenvalue weighted by Crippen LogP contribution is -2.33. The second-order valence-corrected chi connectivity index (χ2v) is 5.42. The normalized spacial score (nSPS) is 11.0. The van der Waals surface area contributed by atoms with Gasteiger partial charge in [-0.1, -0.05) is 18.2 Å². The summed E-state index contributed by atoms with van der Waals surface area (Å²) < 4.78 is 37.7. The molecular weight excluding hydrogens is 331 g/mol. The summed E-state index contributed by atoms with van der Waals surface area (Å²) in [7, 11) is 0. The molecule has 0 aliphatic rings. The number of rotatable bonds is 6. The van der Waals surface area contributed by atoms with Gasteiger partial charge in [0.1, 0.15) is 0 Å². The number of halogens is 3. The Morgan fingerprint density at radius 3 is 2.44 bits per heavy atom. The third-order valence-electron chi connectivity index (χ3n) is 3.56. The maximum absolute atomic E-state index is 12.6. The zero-order chi connectivity index (χ0) is 18.3. The van der Waals surface area contributed by atoms with Crippen molar-refractivity contribution in [1.82, 2.24) is 9.88 Å². The van der Waals surface area contributed by atoms with E-state index in [2.05, 4.69) is 4.98 Å². The molecule has 0 fully saturated rings. The first-order valence-corrected chi connectivity index (χ1v) is 7.61. The Labute approximate surface area is 143 Å². The minimum absolute atomic E-state index is 0.0313. The Morgan fingerprint density at radius 2 is 1.88 bits per heavy atom. The van der Waals surface area contributed by atoms with Gasteiger partial charge in [0, 0.05) is 12.7 Å². The Kier molecular flexibility index (Phi) is 6.12. The number of nitriles is 1. The third-order valence-corrected chi connectivity index (χ3v) is 3.56. The van der Waals surface area contributed by atoms with E-state index in [1.165, 1.54) is 17.0 Å². The van der Waals surface area contributed by atoms with Crippen molar-refractivity contribution >= 4 is 5.91 Å². The Bertz CT molecular complexity index is 737. The van der Waals surface area contributed by atoms with Crippen LogP contribution >= 0.6 is 0 Å². The van der Waals surface area contributed by atoms with E-state index in [0.29, 0.717) is 11.3 Å². The Morgan fingerprint density at radius 1 is 1.16 bits per heavy atom. The molecule has 0 atom stereocenters. The van der Waals surface area contributed by atoms with Crippen LogP contribution in [0.5, 0.6) is 0 Å². The van der Waals surface area contributed by atoms with Crippen LogP contribution in [-0.2, 0) is 23.9 Å². The van der Waals surface area contributed by atoms with Crippen molar-refractivity contribution in [2.75, 3.05) is 6.54 Å². The minimum atomic E-state index is -4.40. The first-order valence-electron chi connectivity index (χ1n) is 7.61. The molecule has 25 heavy (non-hydrogen) atoms. The maximum Gasteiger partial charge on any atom is 0.416 e. The topological polar surface area (TPSA) is 57.0 Å². The van der Waals surface area contributed by atoms with Gasteiger partial charge >= 0.3 is 6.18 Å². The number of hydrogen-bond donors (Lipinski definition) is 0. The van der Waals surface area contributed by atoms with Gasteiger partial charge in [0.2, 0.25) is 5.91 Å². The lowest BCUT2D eigenvalue weighted by atomic mass is 10.1. The first-order chi connectivity index (χ1) is 11.9. The molecule has 0 saturated carbocycles. The number of alkyl halides is 3. The summed E-state index contributed by atoms with van der Waals surface area (Å²) in [5, 5.41) is 8.75. The second-order valence-electron chi connectivity index (χ2n) is 5.42. The second kappa shape index (κ2) is 8.29. The minimum Gasteiger partial charge on any atom is -0.335 e. The van der Waals surface area contributed by atoms with Crippen LogP contribution in [0.25, 0.3) is 0 Å². The molecule has 1 heterocycles. The summed E-state index contributed by atoms with van der Waals surface area (Å²) in [4.78, 5) is 18.1. The van der Waals surface area contributed by atoms with Gasteiger partial charge in [-0.2, -0.15) is 18.4 Å². The molecule has 4 nitrogen and oxygen atoms in total. The van der Waals surface area contributed by atoms with Crippen molar-refractivity contribution in [3.63, 3.8) is 0 Å². The molecule has 0 aliphatic carbocycles. The van der Waals surface area contributed by atoms with Crippen LogP contribution < -0.4 is 0 Å². The molecule has 2 rings (SSSR count). The third kappa shape index (κ3) is 5.60. The molecule has 0 bridgehead atoms. The zero-order valence-corrected chi connectivity index (χ0v) is 13.3. The van der Waals surface area contributed by atoms with Crippen molar-refractivity contribution in [3.05, 3.63) is 65.5 Å². The molecule has 1 aromatic heterocycles. The number of nitrogens with zero attached hydrogens (tertiary/aromatic N) is 3. The number of carbonyl (C=O) groups is 1. The van der Waals surface area contributed by atoms with Gasteiger partial charge in [-0.3, -0.25) is 9.78 Å². The summed E-state index contributed by atoms with van der Waals surface area (Å²) in [5.74, 6) is -0.263. The van der Waals surface area contributed by atoms with Crippen LogP contribution in [0.2, 0.25) is 0 Å². The molecule has 0 spiro atoms. The van der Waals surface area contributed by atoms with Gasteiger partial charge in [0.25, 0.3) is 0 Å². The fourth-order valence-corrected chi connectivity index (χ4v) is 2.26. The summed E-state index contributed by atoms with van der Waals surface area (Å²) in [6.45, 7) is 0.495. The number of carbonyl (C=O) groups excluding carboxylic acids is 1. The predicted octanol–water partition coefficient (Wildman–Crippen LogP) is 3.59. The fraction of sp³-hybridized carbons (Fsp3) is 0.278. The molecule has 7 heteroatoms. The first kappa shape index (κ1) is 18.5. The van der Waals surface area contributed by atoms with Gasteiger partial charge in [-0.25, -0.2) is 0 Å². The largest absolute Gasteiger partial charge is 0.416 e. The van der Waals surface area contributed by atoms with E-state index in [4.69, 9.17) is 5.26 Å². The van der Waals surface area contributed by atoms with E-state index in [9.17, 15) is 18.0 Å². The van der Waals surface area contributed by atoms with Crippen molar-refractivity contribution in [3.8, 4) is 6.07 Å². The maximum atomic E-state index is 12.6. The van der Waals surface area contributed by atoms with E-state index < -0.39 is 11.7 Å².